The minimum atomic E-state index is 0.733. The molecule has 1 saturated heterocycles. The van der Waals surface area contributed by atoms with E-state index in [-0.39, 0.29) is 0 Å². The third-order valence-electron chi connectivity index (χ3n) is 4.27. The number of nitrogens with zero attached hydrogens (tertiary/aromatic N) is 3. The van der Waals surface area contributed by atoms with Gasteiger partial charge in [0.25, 0.3) is 0 Å². The lowest BCUT2D eigenvalue weighted by molar-refractivity contribution is 0.323. The van der Waals surface area contributed by atoms with Crippen LogP contribution in [0.1, 0.15) is 26.7 Å². The van der Waals surface area contributed by atoms with Gasteiger partial charge in [0, 0.05) is 50.3 Å². The van der Waals surface area contributed by atoms with Gasteiger partial charge in [-0.15, -0.1) is 0 Å². The molecule has 4 nitrogen and oxygen atoms in total. The van der Waals surface area contributed by atoms with E-state index in [0.29, 0.717) is 0 Å². The fourth-order valence-corrected chi connectivity index (χ4v) is 3.94. The predicted octanol–water partition coefficient (Wildman–Crippen LogP) is 1.73. The van der Waals surface area contributed by atoms with E-state index >= 15 is 0 Å². The Hall–Kier alpha value is -0.420. The molecule has 1 saturated carbocycles. The molecule has 0 aromatic carbocycles. The van der Waals surface area contributed by atoms with Gasteiger partial charge < -0.3 is 15.1 Å². The maximum absolute atomic E-state index is 4.47. The van der Waals surface area contributed by atoms with Crippen LogP contribution in [0, 0.1) is 5.92 Å². The molecule has 116 valence electrons. The third kappa shape index (κ3) is 4.55. The molecule has 2 fully saturated rings. The predicted molar refractivity (Wildman–Crippen MR) is 89.7 cm³/mol. The second-order valence-corrected chi connectivity index (χ2v) is 7.63. The SMILES string of the molecule is CN=C(NCCN(C)C1CC1)N1CCSC(C(C)C)C1. The Labute approximate surface area is 128 Å². The number of hydrogen-bond acceptors (Lipinski definition) is 3. The maximum atomic E-state index is 4.47. The molecule has 2 aliphatic rings. The third-order valence-corrected chi connectivity index (χ3v) is 5.81. The molecule has 1 aliphatic heterocycles. The van der Waals surface area contributed by atoms with Crippen LogP contribution in [0.3, 0.4) is 0 Å². The Morgan fingerprint density at radius 2 is 2.20 bits per heavy atom. The summed E-state index contributed by atoms with van der Waals surface area (Å²) in [6, 6.07) is 0.843. The second kappa shape index (κ2) is 7.55. The molecule has 0 radical (unpaired) electrons. The van der Waals surface area contributed by atoms with Crippen molar-refractivity contribution in [3.63, 3.8) is 0 Å². The summed E-state index contributed by atoms with van der Waals surface area (Å²) in [5, 5.41) is 4.27. The molecule has 2 rings (SSSR count). The lowest BCUT2D eigenvalue weighted by Gasteiger charge is -2.36. The fourth-order valence-electron chi connectivity index (χ4n) is 2.65. The minimum Gasteiger partial charge on any atom is -0.355 e. The maximum Gasteiger partial charge on any atom is 0.193 e. The molecule has 1 N–H and O–H groups in total. The molecule has 20 heavy (non-hydrogen) atoms. The molecule has 1 atom stereocenters. The van der Waals surface area contributed by atoms with Gasteiger partial charge in [-0.3, -0.25) is 4.99 Å². The first-order valence-electron chi connectivity index (χ1n) is 7.89. The van der Waals surface area contributed by atoms with Gasteiger partial charge in [0.05, 0.1) is 0 Å². The van der Waals surface area contributed by atoms with Crippen LogP contribution in [0.2, 0.25) is 0 Å². The lowest BCUT2D eigenvalue weighted by atomic mass is 10.1. The number of aliphatic imine (C=N–C) groups is 1. The summed E-state index contributed by atoms with van der Waals surface area (Å²) >= 11 is 2.11. The van der Waals surface area contributed by atoms with Crippen LogP contribution in [-0.2, 0) is 0 Å². The van der Waals surface area contributed by atoms with Gasteiger partial charge >= 0.3 is 0 Å². The van der Waals surface area contributed by atoms with E-state index in [1.54, 1.807) is 0 Å². The average molecular weight is 299 g/mol. The lowest BCUT2D eigenvalue weighted by Crippen LogP contribution is -2.50. The average Bonchev–Trinajstić information content (AvgIpc) is 3.28. The number of likely N-dealkylation sites (N-methyl/N-ethyl adjacent to an activating group) is 1. The molecular weight excluding hydrogens is 268 g/mol. The monoisotopic (exact) mass is 298 g/mol. The quantitative estimate of drug-likeness (QED) is 0.619. The highest BCUT2D eigenvalue weighted by Gasteiger charge is 2.26. The topological polar surface area (TPSA) is 30.9 Å². The first-order valence-corrected chi connectivity index (χ1v) is 8.94. The van der Waals surface area contributed by atoms with E-state index in [0.717, 1.165) is 49.3 Å². The van der Waals surface area contributed by atoms with Crippen LogP contribution in [0.15, 0.2) is 4.99 Å². The Bertz CT molecular complexity index is 328. The van der Waals surface area contributed by atoms with E-state index in [9.17, 15) is 0 Å². The Balaban J connectivity index is 1.75. The van der Waals surface area contributed by atoms with Crippen molar-refractivity contribution in [1.29, 1.82) is 0 Å². The van der Waals surface area contributed by atoms with Crippen molar-refractivity contribution in [3.05, 3.63) is 0 Å². The first-order chi connectivity index (χ1) is 9.61. The zero-order valence-electron chi connectivity index (χ0n) is 13.4. The number of rotatable bonds is 5. The molecule has 0 aromatic rings. The minimum absolute atomic E-state index is 0.733. The summed E-state index contributed by atoms with van der Waals surface area (Å²) in [7, 11) is 4.13. The number of thioether (sulfide) groups is 1. The van der Waals surface area contributed by atoms with Gasteiger partial charge in [0.1, 0.15) is 0 Å². The highest BCUT2D eigenvalue weighted by atomic mass is 32.2. The van der Waals surface area contributed by atoms with Crippen molar-refractivity contribution in [2.24, 2.45) is 10.9 Å². The molecule has 0 bridgehead atoms. The molecule has 0 spiro atoms. The van der Waals surface area contributed by atoms with Gasteiger partial charge in [0.15, 0.2) is 5.96 Å². The van der Waals surface area contributed by atoms with Gasteiger partial charge in [-0.25, -0.2) is 0 Å². The smallest absolute Gasteiger partial charge is 0.193 e. The van der Waals surface area contributed by atoms with Crippen molar-refractivity contribution in [2.45, 2.75) is 38.0 Å². The van der Waals surface area contributed by atoms with Crippen molar-refractivity contribution in [1.82, 2.24) is 15.1 Å². The summed E-state index contributed by atoms with van der Waals surface area (Å²) in [4.78, 5) is 9.36. The summed E-state index contributed by atoms with van der Waals surface area (Å²) in [6.45, 7) is 8.99. The summed E-state index contributed by atoms with van der Waals surface area (Å²) in [5.41, 5.74) is 0. The normalized spacial score (nSPS) is 24.6. The molecule has 1 heterocycles. The van der Waals surface area contributed by atoms with Gasteiger partial charge in [-0.2, -0.15) is 11.8 Å². The largest absolute Gasteiger partial charge is 0.355 e. The van der Waals surface area contributed by atoms with E-state index in [1.165, 1.54) is 18.6 Å². The molecule has 5 heteroatoms. The standard InChI is InChI=1S/C15H30N4S/c1-12(2)14-11-19(9-10-20-14)15(16-3)17-7-8-18(4)13-5-6-13/h12-14H,5-11H2,1-4H3,(H,16,17). The van der Waals surface area contributed by atoms with Crippen molar-refractivity contribution in [3.8, 4) is 0 Å². The van der Waals surface area contributed by atoms with Gasteiger partial charge in [-0.1, -0.05) is 13.8 Å². The van der Waals surface area contributed by atoms with Crippen molar-refractivity contribution < 1.29 is 0 Å². The summed E-state index contributed by atoms with van der Waals surface area (Å²) in [5.74, 6) is 3.04. The van der Waals surface area contributed by atoms with Crippen LogP contribution >= 0.6 is 11.8 Å². The van der Waals surface area contributed by atoms with E-state index in [1.807, 2.05) is 7.05 Å². The highest BCUT2D eigenvalue weighted by Crippen LogP contribution is 2.25. The fraction of sp³-hybridized carbons (Fsp3) is 0.933. The zero-order chi connectivity index (χ0) is 14.5. The molecule has 1 aliphatic carbocycles. The van der Waals surface area contributed by atoms with Gasteiger partial charge in [0.2, 0.25) is 0 Å². The number of hydrogen-bond donors (Lipinski definition) is 1. The van der Waals surface area contributed by atoms with Crippen molar-refractivity contribution >= 4 is 17.7 Å². The Morgan fingerprint density at radius 1 is 1.45 bits per heavy atom. The van der Waals surface area contributed by atoms with Crippen LogP contribution in [0.25, 0.3) is 0 Å². The van der Waals surface area contributed by atoms with E-state index in [2.05, 4.69) is 52.8 Å². The summed E-state index contributed by atoms with van der Waals surface area (Å²) < 4.78 is 0. The van der Waals surface area contributed by atoms with Gasteiger partial charge in [-0.05, 0) is 25.8 Å². The molecular formula is C15H30N4S. The highest BCUT2D eigenvalue weighted by molar-refractivity contribution is 8.00. The van der Waals surface area contributed by atoms with E-state index in [4.69, 9.17) is 0 Å². The van der Waals surface area contributed by atoms with Crippen LogP contribution < -0.4 is 5.32 Å². The Kier molecular flexibility index (Phi) is 6.02. The number of guanidine groups is 1. The van der Waals surface area contributed by atoms with Crippen molar-refractivity contribution in [2.75, 3.05) is 46.0 Å². The summed E-state index contributed by atoms with van der Waals surface area (Å²) in [6.07, 6.45) is 2.76. The Morgan fingerprint density at radius 3 is 2.80 bits per heavy atom. The molecule has 0 aromatic heterocycles. The van der Waals surface area contributed by atoms with E-state index < -0.39 is 0 Å². The molecule has 0 amide bonds. The first kappa shape index (κ1) is 16.0. The van der Waals surface area contributed by atoms with Crippen LogP contribution in [0.4, 0.5) is 0 Å². The number of nitrogens with one attached hydrogen (secondary N) is 1. The second-order valence-electron chi connectivity index (χ2n) is 6.29. The van der Waals surface area contributed by atoms with Crippen LogP contribution in [-0.4, -0.2) is 73.1 Å². The molecule has 1 unspecified atom stereocenters. The zero-order valence-corrected chi connectivity index (χ0v) is 14.2. The van der Waals surface area contributed by atoms with Crippen LogP contribution in [0.5, 0.6) is 0 Å².